The van der Waals surface area contributed by atoms with Crippen molar-refractivity contribution >= 4 is 23.6 Å². The Morgan fingerprint density at radius 1 is 1.05 bits per heavy atom. The number of anilines is 1. The Balaban J connectivity index is 1.58. The Morgan fingerprint density at radius 2 is 1.78 bits per heavy atom. The van der Waals surface area contributed by atoms with Crippen LogP contribution in [0, 0.1) is 12.7 Å². The molecule has 0 aliphatic carbocycles. The van der Waals surface area contributed by atoms with Crippen LogP contribution in [0.1, 0.15) is 33.2 Å². The highest BCUT2D eigenvalue weighted by atomic mass is 19.1. The summed E-state index contributed by atoms with van der Waals surface area (Å²) in [4.78, 5) is 40.2. The first-order valence-corrected chi connectivity index (χ1v) is 11.8. The van der Waals surface area contributed by atoms with Gasteiger partial charge in [0.15, 0.2) is 12.1 Å². The molecular weight excluding hydrogens is 477 g/mol. The second kappa shape index (κ2) is 11.7. The zero-order valence-corrected chi connectivity index (χ0v) is 20.6. The van der Waals surface area contributed by atoms with E-state index in [4.69, 9.17) is 9.47 Å². The molecule has 1 fully saturated rings. The van der Waals surface area contributed by atoms with Crippen LogP contribution < -0.4 is 10.6 Å². The fourth-order valence-electron chi connectivity index (χ4n) is 4.08. The maximum atomic E-state index is 13.2. The van der Waals surface area contributed by atoms with E-state index in [-0.39, 0.29) is 19.0 Å². The van der Waals surface area contributed by atoms with Crippen LogP contribution in [0.25, 0.3) is 0 Å². The molecule has 4 rings (SSSR count). The predicted molar refractivity (Wildman–Crippen MR) is 135 cm³/mol. The molecule has 0 aromatic heterocycles. The molecule has 0 spiro atoms. The van der Waals surface area contributed by atoms with Crippen LogP contribution in [0.15, 0.2) is 72.8 Å². The molecular formula is C28H28FN3O5. The van der Waals surface area contributed by atoms with Crippen molar-refractivity contribution in [3.63, 3.8) is 0 Å². The van der Waals surface area contributed by atoms with E-state index in [0.29, 0.717) is 23.4 Å². The molecule has 1 aliphatic rings. The van der Waals surface area contributed by atoms with E-state index in [9.17, 15) is 18.8 Å². The molecule has 2 atom stereocenters. The number of ether oxygens (including phenoxy) is 2. The van der Waals surface area contributed by atoms with Gasteiger partial charge in [-0.1, -0.05) is 42.0 Å². The van der Waals surface area contributed by atoms with E-state index in [1.54, 1.807) is 24.3 Å². The highest BCUT2D eigenvalue weighted by Crippen LogP contribution is 2.35. The van der Waals surface area contributed by atoms with E-state index < -0.39 is 30.0 Å². The predicted octanol–water partition coefficient (Wildman–Crippen LogP) is 4.21. The second-order valence-corrected chi connectivity index (χ2v) is 8.73. The molecule has 1 saturated heterocycles. The Labute approximate surface area is 214 Å². The highest BCUT2D eigenvalue weighted by Gasteiger charge is 2.47. The van der Waals surface area contributed by atoms with Crippen molar-refractivity contribution in [1.82, 2.24) is 10.2 Å². The number of amides is 3. The van der Waals surface area contributed by atoms with Crippen LogP contribution in [0.3, 0.4) is 0 Å². The minimum Gasteiger partial charge on any atom is -0.438 e. The summed E-state index contributed by atoms with van der Waals surface area (Å²) in [5.41, 5.74) is 3.22. The second-order valence-electron chi connectivity index (χ2n) is 8.73. The maximum Gasteiger partial charge on any atom is 0.411 e. The van der Waals surface area contributed by atoms with Gasteiger partial charge >= 0.3 is 6.09 Å². The number of carbonyl (C=O) groups excluding carboxylic acids is 3. The number of nitrogens with one attached hydrogen (secondary N) is 2. The average molecular weight is 506 g/mol. The van der Waals surface area contributed by atoms with E-state index >= 15 is 0 Å². The lowest BCUT2D eigenvalue weighted by Gasteiger charge is -2.24. The molecule has 1 aliphatic heterocycles. The van der Waals surface area contributed by atoms with Crippen LogP contribution >= 0.6 is 0 Å². The summed E-state index contributed by atoms with van der Waals surface area (Å²) in [6.45, 7) is 2.76. The third-order valence-corrected chi connectivity index (χ3v) is 6.01. The van der Waals surface area contributed by atoms with Crippen LogP contribution in [-0.2, 0) is 20.8 Å². The van der Waals surface area contributed by atoms with Gasteiger partial charge in [0.05, 0.1) is 13.2 Å². The number of methoxy groups -OCH3 is 1. The van der Waals surface area contributed by atoms with Gasteiger partial charge in [0.1, 0.15) is 5.82 Å². The third-order valence-electron chi connectivity index (χ3n) is 6.01. The molecule has 0 unspecified atom stereocenters. The summed E-state index contributed by atoms with van der Waals surface area (Å²) in [5.74, 6) is -1.23. The zero-order chi connectivity index (χ0) is 26.4. The maximum absolute atomic E-state index is 13.2. The Bertz CT molecular complexity index is 1260. The molecule has 192 valence electrons. The van der Waals surface area contributed by atoms with E-state index in [1.807, 2.05) is 31.2 Å². The van der Waals surface area contributed by atoms with Crippen molar-refractivity contribution < 1.29 is 28.2 Å². The normalized spacial score (nSPS) is 16.8. The molecule has 2 N–H and O–H groups in total. The summed E-state index contributed by atoms with van der Waals surface area (Å²) in [7, 11) is 1.53. The highest BCUT2D eigenvalue weighted by molar-refractivity contribution is 6.04. The smallest absolute Gasteiger partial charge is 0.411 e. The Hall–Kier alpha value is -4.24. The summed E-state index contributed by atoms with van der Waals surface area (Å²) in [5, 5.41) is 5.57. The number of hydrogen-bond donors (Lipinski definition) is 2. The third kappa shape index (κ3) is 6.31. The summed E-state index contributed by atoms with van der Waals surface area (Å²) in [6, 6.07) is 18.7. The summed E-state index contributed by atoms with van der Waals surface area (Å²) in [6.07, 6.45) is -1.51. The van der Waals surface area contributed by atoms with Crippen LogP contribution in [0.4, 0.5) is 14.9 Å². The number of benzene rings is 3. The lowest BCUT2D eigenvalue weighted by Crippen LogP contribution is -2.47. The molecule has 0 radical (unpaired) electrons. The van der Waals surface area contributed by atoms with E-state index in [1.165, 1.54) is 36.3 Å². The minimum atomic E-state index is -0.936. The number of cyclic esters (lactones) is 1. The minimum absolute atomic E-state index is 0.193. The van der Waals surface area contributed by atoms with Gasteiger partial charge in [-0.2, -0.15) is 0 Å². The van der Waals surface area contributed by atoms with Crippen molar-refractivity contribution in [2.45, 2.75) is 25.6 Å². The fraction of sp³-hybridized carbons (Fsp3) is 0.250. The fourth-order valence-corrected chi connectivity index (χ4v) is 4.08. The monoisotopic (exact) mass is 505 g/mol. The van der Waals surface area contributed by atoms with Crippen LogP contribution in [0.5, 0.6) is 0 Å². The largest absolute Gasteiger partial charge is 0.438 e. The van der Waals surface area contributed by atoms with Crippen molar-refractivity contribution in [1.29, 1.82) is 0 Å². The lowest BCUT2D eigenvalue weighted by atomic mass is 10.00. The van der Waals surface area contributed by atoms with E-state index in [0.717, 1.165) is 11.1 Å². The number of halogens is 1. The quantitative estimate of drug-likeness (QED) is 0.425. The first-order valence-electron chi connectivity index (χ1n) is 11.8. The number of nitrogens with zero attached hydrogens (tertiary/aromatic N) is 1. The van der Waals surface area contributed by atoms with Gasteiger partial charge in [0, 0.05) is 24.9 Å². The molecule has 1 heterocycles. The summed E-state index contributed by atoms with van der Waals surface area (Å²) < 4.78 is 23.9. The molecule has 3 aromatic carbocycles. The number of rotatable bonds is 9. The molecule has 3 aromatic rings. The number of hydrogen-bond acceptors (Lipinski definition) is 5. The van der Waals surface area contributed by atoms with E-state index in [2.05, 4.69) is 10.6 Å². The van der Waals surface area contributed by atoms with Gasteiger partial charge in [0.2, 0.25) is 5.91 Å². The standard InChI is InChI=1S/C28H28FN3O5/c1-18-6-8-19(9-7-18)17-32-24(27(34)30-14-15-36-2)25(37-28(32)35)21-4-3-5-23(16-21)31-26(33)20-10-12-22(29)13-11-20/h3-13,16,24-25H,14-15,17H2,1-2H3,(H,30,34)(H,31,33)/t24-,25+/m0/s1. The molecule has 0 saturated carbocycles. The topological polar surface area (TPSA) is 97.0 Å². The molecule has 9 heteroatoms. The summed E-state index contributed by atoms with van der Waals surface area (Å²) >= 11 is 0. The van der Waals surface area contributed by atoms with Crippen molar-refractivity contribution in [2.24, 2.45) is 0 Å². The molecule has 37 heavy (non-hydrogen) atoms. The van der Waals surface area contributed by atoms with Crippen molar-refractivity contribution in [2.75, 3.05) is 25.6 Å². The number of carbonyl (C=O) groups is 3. The number of aryl methyl sites for hydroxylation is 1. The van der Waals surface area contributed by atoms with Gasteiger partial charge in [0.25, 0.3) is 5.91 Å². The molecule has 3 amide bonds. The lowest BCUT2D eigenvalue weighted by molar-refractivity contribution is -0.126. The van der Waals surface area contributed by atoms with Gasteiger partial charge < -0.3 is 20.1 Å². The van der Waals surface area contributed by atoms with Crippen molar-refractivity contribution in [3.05, 3.63) is 101 Å². The van der Waals surface area contributed by atoms with Gasteiger partial charge in [-0.3, -0.25) is 14.5 Å². The molecule has 8 nitrogen and oxygen atoms in total. The average Bonchev–Trinajstić information content (AvgIpc) is 3.22. The van der Waals surface area contributed by atoms with Crippen LogP contribution in [0.2, 0.25) is 0 Å². The van der Waals surface area contributed by atoms with Crippen LogP contribution in [-0.4, -0.2) is 49.1 Å². The Kier molecular flexibility index (Phi) is 8.15. The zero-order valence-electron chi connectivity index (χ0n) is 20.6. The van der Waals surface area contributed by atoms with Gasteiger partial charge in [-0.25, -0.2) is 9.18 Å². The van der Waals surface area contributed by atoms with Gasteiger partial charge in [-0.05, 0) is 54.4 Å². The van der Waals surface area contributed by atoms with Gasteiger partial charge in [-0.15, -0.1) is 0 Å². The first kappa shape index (κ1) is 25.8. The first-order chi connectivity index (χ1) is 17.9. The Morgan fingerprint density at radius 3 is 2.49 bits per heavy atom. The molecule has 0 bridgehead atoms. The SMILES string of the molecule is COCCNC(=O)[C@@H]1[C@@H](c2cccc(NC(=O)c3ccc(F)cc3)c2)OC(=O)N1Cc1ccc(C)cc1. The van der Waals surface area contributed by atoms with Crippen molar-refractivity contribution in [3.8, 4) is 0 Å².